The lowest BCUT2D eigenvalue weighted by atomic mass is 9.89. The number of fused-ring (bicyclic) bond motifs is 2. The van der Waals surface area contributed by atoms with Crippen molar-refractivity contribution in [3.8, 4) is 0 Å². The molecular formula is C15H21N3O. The van der Waals surface area contributed by atoms with Crippen LogP contribution in [0.4, 0.5) is 5.69 Å². The van der Waals surface area contributed by atoms with Gasteiger partial charge >= 0.3 is 0 Å². The van der Waals surface area contributed by atoms with Crippen molar-refractivity contribution < 1.29 is 4.79 Å². The van der Waals surface area contributed by atoms with Gasteiger partial charge in [-0.1, -0.05) is 6.42 Å². The van der Waals surface area contributed by atoms with Gasteiger partial charge < -0.3 is 11.1 Å². The van der Waals surface area contributed by atoms with Gasteiger partial charge in [0.2, 0.25) is 5.91 Å². The number of amides is 1. The van der Waals surface area contributed by atoms with E-state index in [0.29, 0.717) is 18.0 Å². The topological polar surface area (TPSA) is 68.0 Å². The molecule has 3 atom stereocenters. The highest BCUT2D eigenvalue weighted by atomic mass is 16.1. The lowest BCUT2D eigenvalue weighted by Gasteiger charge is -2.21. The molecule has 0 saturated heterocycles. The standard InChI is InChI=1S/C15H21N3O/c16-13-3-4-14(17-9-13)7-15(19)18-8-12-6-10-1-2-11(12)5-10/h3-4,9-12H,1-2,5-8,16H2,(H,18,19). The molecule has 3 rings (SSSR count). The molecule has 19 heavy (non-hydrogen) atoms. The van der Waals surface area contributed by atoms with Crippen molar-refractivity contribution in [2.45, 2.75) is 32.1 Å². The fraction of sp³-hybridized carbons (Fsp3) is 0.600. The maximum atomic E-state index is 11.9. The average molecular weight is 259 g/mol. The van der Waals surface area contributed by atoms with Crippen LogP contribution in [-0.2, 0) is 11.2 Å². The minimum atomic E-state index is 0.0695. The van der Waals surface area contributed by atoms with Crippen LogP contribution in [0.2, 0.25) is 0 Å². The zero-order valence-electron chi connectivity index (χ0n) is 11.1. The Morgan fingerprint density at radius 3 is 2.89 bits per heavy atom. The Kier molecular flexibility index (Phi) is 3.40. The van der Waals surface area contributed by atoms with Crippen LogP contribution in [0.25, 0.3) is 0 Å². The molecule has 3 unspecified atom stereocenters. The third-order valence-corrected chi connectivity index (χ3v) is 4.64. The summed E-state index contributed by atoms with van der Waals surface area (Å²) in [6.07, 6.45) is 7.42. The van der Waals surface area contributed by atoms with Crippen LogP contribution in [-0.4, -0.2) is 17.4 Å². The maximum absolute atomic E-state index is 11.9. The number of nitrogens with one attached hydrogen (secondary N) is 1. The van der Waals surface area contributed by atoms with Gasteiger partial charge in [0, 0.05) is 12.2 Å². The van der Waals surface area contributed by atoms with Crippen LogP contribution in [0.5, 0.6) is 0 Å². The molecular weight excluding hydrogens is 238 g/mol. The minimum absolute atomic E-state index is 0.0695. The van der Waals surface area contributed by atoms with E-state index in [9.17, 15) is 4.79 Å². The van der Waals surface area contributed by atoms with E-state index in [0.717, 1.165) is 24.1 Å². The number of pyridine rings is 1. The molecule has 4 heteroatoms. The minimum Gasteiger partial charge on any atom is -0.397 e. The summed E-state index contributed by atoms with van der Waals surface area (Å²) in [7, 11) is 0. The molecule has 0 spiro atoms. The van der Waals surface area contributed by atoms with E-state index in [4.69, 9.17) is 5.73 Å². The Bertz CT molecular complexity index is 457. The summed E-state index contributed by atoms with van der Waals surface area (Å²) < 4.78 is 0. The molecule has 0 radical (unpaired) electrons. The lowest BCUT2D eigenvalue weighted by molar-refractivity contribution is -0.120. The molecule has 2 saturated carbocycles. The fourth-order valence-corrected chi connectivity index (χ4v) is 3.64. The first-order chi connectivity index (χ1) is 9.20. The van der Waals surface area contributed by atoms with Crippen LogP contribution in [0.15, 0.2) is 18.3 Å². The third-order valence-electron chi connectivity index (χ3n) is 4.64. The molecule has 1 heterocycles. The monoisotopic (exact) mass is 259 g/mol. The van der Waals surface area contributed by atoms with Crippen LogP contribution >= 0.6 is 0 Å². The molecule has 4 nitrogen and oxygen atoms in total. The van der Waals surface area contributed by atoms with E-state index in [2.05, 4.69) is 10.3 Å². The van der Waals surface area contributed by atoms with Gasteiger partial charge in [0.15, 0.2) is 0 Å². The number of rotatable bonds is 4. The van der Waals surface area contributed by atoms with E-state index in [1.807, 2.05) is 6.07 Å². The van der Waals surface area contributed by atoms with Crippen molar-refractivity contribution in [1.82, 2.24) is 10.3 Å². The van der Waals surface area contributed by atoms with Gasteiger partial charge in [0.1, 0.15) is 0 Å². The van der Waals surface area contributed by atoms with E-state index >= 15 is 0 Å². The summed E-state index contributed by atoms with van der Waals surface area (Å²) in [5.41, 5.74) is 6.98. The second kappa shape index (κ2) is 5.19. The zero-order valence-corrected chi connectivity index (χ0v) is 11.1. The molecule has 2 aliphatic carbocycles. The van der Waals surface area contributed by atoms with Gasteiger partial charge in [0.05, 0.1) is 18.3 Å². The number of hydrogen-bond donors (Lipinski definition) is 2. The SMILES string of the molecule is Nc1ccc(CC(=O)NCC2CC3CCC2C3)nc1. The summed E-state index contributed by atoms with van der Waals surface area (Å²) in [6, 6.07) is 3.60. The van der Waals surface area contributed by atoms with Gasteiger partial charge in [0.25, 0.3) is 0 Å². The van der Waals surface area contributed by atoms with Gasteiger partial charge in [-0.3, -0.25) is 9.78 Å². The number of nitrogens with zero attached hydrogens (tertiary/aromatic N) is 1. The Balaban J connectivity index is 1.45. The van der Waals surface area contributed by atoms with Crippen molar-refractivity contribution in [1.29, 1.82) is 0 Å². The van der Waals surface area contributed by atoms with E-state index in [1.165, 1.54) is 25.7 Å². The number of carbonyl (C=O) groups excluding carboxylic acids is 1. The summed E-state index contributed by atoms with van der Waals surface area (Å²) >= 11 is 0. The van der Waals surface area contributed by atoms with Gasteiger partial charge in [-0.15, -0.1) is 0 Å². The van der Waals surface area contributed by atoms with Gasteiger partial charge in [-0.05, 0) is 49.1 Å². The molecule has 2 bridgehead atoms. The average Bonchev–Trinajstić information content (AvgIpc) is 3.01. The van der Waals surface area contributed by atoms with E-state index in [-0.39, 0.29) is 5.91 Å². The Hall–Kier alpha value is -1.58. The van der Waals surface area contributed by atoms with Crippen LogP contribution in [0.1, 0.15) is 31.4 Å². The largest absolute Gasteiger partial charge is 0.397 e. The molecule has 2 aliphatic rings. The Labute approximate surface area is 113 Å². The summed E-state index contributed by atoms with van der Waals surface area (Å²) in [6.45, 7) is 0.842. The summed E-state index contributed by atoms with van der Waals surface area (Å²) in [5.74, 6) is 2.58. The summed E-state index contributed by atoms with van der Waals surface area (Å²) in [4.78, 5) is 16.0. The van der Waals surface area contributed by atoms with Crippen molar-refractivity contribution in [2.75, 3.05) is 12.3 Å². The van der Waals surface area contributed by atoms with Gasteiger partial charge in [-0.2, -0.15) is 0 Å². The van der Waals surface area contributed by atoms with Crippen molar-refractivity contribution >= 4 is 11.6 Å². The first kappa shape index (κ1) is 12.5. The zero-order chi connectivity index (χ0) is 13.2. The second-order valence-corrected chi connectivity index (χ2v) is 6.00. The number of carbonyl (C=O) groups is 1. The quantitative estimate of drug-likeness (QED) is 0.865. The molecule has 1 amide bonds. The molecule has 0 aliphatic heterocycles. The molecule has 1 aromatic heterocycles. The maximum Gasteiger partial charge on any atom is 0.226 e. The lowest BCUT2D eigenvalue weighted by Crippen LogP contribution is -2.32. The first-order valence-electron chi connectivity index (χ1n) is 7.18. The number of hydrogen-bond acceptors (Lipinski definition) is 3. The normalized spacial score (nSPS) is 28.5. The van der Waals surface area contributed by atoms with Crippen LogP contribution in [0, 0.1) is 17.8 Å². The number of anilines is 1. The number of aromatic nitrogens is 1. The fourth-order valence-electron chi connectivity index (χ4n) is 3.64. The van der Waals surface area contributed by atoms with Crippen LogP contribution < -0.4 is 11.1 Å². The predicted octanol–water partition coefficient (Wildman–Crippen LogP) is 1.76. The molecule has 3 N–H and O–H groups in total. The van der Waals surface area contributed by atoms with E-state index in [1.54, 1.807) is 12.3 Å². The van der Waals surface area contributed by atoms with Crippen LogP contribution in [0.3, 0.4) is 0 Å². The van der Waals surface area contributed by atoms with Crippen molar-refractivity contribution in [3.63, 3.8) is 0 Å². The Morgan fingerprint density at radius 2 is 2.26 bits per heavy atom. The highest BCUT2D eigenvalue weighted by Crippen LogP contribution is 2.47. The number of nitrogens with two attached hydrogens (primary N) is 1. The molecule has 2 fully saturated rings. The smallest absolute Gasteiger partial charge is 0.226 e. The molecule has 1 aromatic rings. The third kappa shape index (κ3) is 2.88. The molecule has 102 valence electrons. The summed E-state index contributed by atoms with van der Waals surface area (Å²) in [5, 5.41) is 3.06. The molecule has 0 aromatic carbocycles. The Morgan fingerprint density at radius 1 is 1.37 bits per heavy atom. The first-order valence-corrected chi connectivity index (χ1v) is 7.18. The van der Waals surface area contributed by atoms with E-state index < -0.39 is 0 Å². The number of nitrogen functional groups attached to an aromatic ring is 1. The van der Waals surface area contributed by atoms with Crippen molar-refractivity contribution in [2.24, 2.45) is 17.8 Å². The predicted molar refractivity (Wildman–Crippen MR) is 74.3 cm³/mol. The second-order valence-electron chi connectivity index (χ2n) is 6.00. The highest BCUT2D eigenvalue weighted by Gasteiger charge is 2.39. The van der Waals surface area contributed by atoms with Crippen molar-refractivity contribution in [3.05, 3.63) is 24.0 Å². The highest BCUT2D eigenvalue weighted by molar-refractivity contribution is 5.78. The van der Waals surface area contributed by atoms with Gasteiger partial charge in [-0.25, -0.2) is 0 Å².